The van der Waals surface area contributed by atoms with E-state index in [9.17, 15) is 26.4 Å². The van der Waals surface area contributed by atoms with Gasteiger partial charge >= 0.3 is 12.1 Å². The second-order valence-corrected chi connectivity index (χ2v) is 4.38. The third-order valence-electron chi connectivity index (χ3n) is 1.82. The Hall–Kier alpha value is -1.61. The zero-order chi connectivity index (χ0) is 13.4. The number of hydrogen-bond donors (Lipinski definition) is 2. The number of aromatic carboxylic acids is 1. The Bertz CT molecular complexity index is 561. The third-order valence-corrected chi connectivity index (χ3v) is 2.71. The molecule has 0 amide bonds. The first-order valence-electron chi connectivity index (χ1n) is 3.95. The van der Waals surface area contributed by atoms with Gasteiger partial charge in [-0.15, -0.1) is 0 Å². The van der Waals surface area contributed by atoms with Crippen LogP contribution in [-0.4, -0.2) is 24.0 Å². The van der Waals surface area contributed by atoms with Gasteiger partial charge in [0.15, 0.2) is 0 Å². The van der Waals surface area contributed by atoms with Crippen LogP contribution in [0.3, 0.4) is 0 Å². The fraction of sp³-hybridized carbons (Fsp3) is 0.125. The van der Waals surface area contributed by atoms with Gasteiger partial charge in [0.05, 0.1) is 11.1 Å². The summed E-state index contributed by atoms with van der Waals surface area (Å²) in [5.74, 6) is -1.76. The van der Waals surface area contributed by atoms with Crippen LogP contribution in [0.25, 0.3) is 0 Å². The SMILES string of the molecule is O=C(O)c1ccc(C(F)(F)F)cc1S(=O)(=O)O. The number of benzene rings is 1. The number of hydrogen-bond acceptors (Lipinski definition) is 3. The number of halogens is 3. The summed E-state index contributed by atoms with van der Waals surface area (Å²) in [7, 11) is -5.04. The molecule has 0 saturated heterocycles. The molecule has 2 N–H and O–H groups in total. The van der Waals surface area contributed by atoms with Crippen molar-refractivity contribution in [2.45, 2.75) is 11.1 Å². The molecular formula is C8H5F3O5S. The smallest absolute Gasteiger partial charge is 0.416 e. The van der Waals surface area contributed by atoms with Crippen LogP contribution in [0.15, 0.2) is 23.1 Å². The highest BCUT2D eigenvalue weighted by Crippen LogP contribution is 2.31. The largest absolute Gasteiger partial charge is 0.478 e. The molecule has 17 heavy (non-hydrogen) atoms. The zero-order valence-corrected chi connectivity index (χ0v) is 8.71. The average Bonchev–Trinajstić information content (AvgIpc) is 2.14. The van der Waals surface area contributed by atoms with Crippen LogP contribution in [0.1, 0.15) is 15.9 Å². The maximum atomic E-state index is 12.3. The molecule has 0 saturated carbocycles. The maximum Gasteiger partial charge on any atom is 0.416 e. The summed E-state index contributed by atoms with van der Waals surface area (Å²) >= 11 is 0. The Morgan fingerprint density at radius 2 is 1.76 bits per heavy atom. The van der Waals surface area contributed by atoms with Gasteiger partial charge in [0.2, 0.25) is 0 Å². The molecule has 0 aromatic heterocycles. The normalized spacial score (nSPS) is 12.5. The summed E-state index contributed by atoms with van der Waals surface area (Å²) in [5, 5.41) is 8.57. The Kier molecular flexibility index (Phi) is 3.17. The average molecular weight is 270 g/mol. The molecule has 0 radical (unpaired) electrons. The van der Waals surface area contributed by atoms with Crippen molar-refractivity contribution < 1.29 is 36.0 Å². The van der Waals surface area contributed by atoms with Crippen molar-refractivity contribution in [2.75, 3.05) is 0 Å². The highest BCUT2D eigenvalue weighted by molar-refractivity contribution is 7.86. The second-order valence-electron chi connectivity index (χ2n) is 2.99. The molecule has 0 aliphatic heterocycles. The van der Waals surface area contributed by atoms with E-state index in [-0.39, 0.29) is 6.07 Å². The fourth-order valence-corrected chi connectivity index (χ4v) is 1.80. The quantitative estimate of drug-likeness (QED) is 0.797. The van der Waals surface area contributed by atoms with Gasteiger partial charge < -0.3 is 5.11 Å². The first-order valence-corrected chi connectivity index (χ1v) is 5.39. The standard InChI is InChI=1S/C8H5F3O5S/c9-8(10,11)4-1-2-5(7(12)13)6(3-4)17(14,15)16/h1-3H,(H,12,13)(H,14,15,16). The van der Waals surface area contributed by atoms with Crippen molar-refractivity contribution in [3.63, 3.8) is 0 Å². The Balaban J connectivity index is 3.57. The first kappa shape index (κ1) is 13.5. The number of carboxylic acid groups (broad SMARTS) is 1. The second kappa shape index (κ2) is 4.00. The van der Waals surface area contributed by atoms with Gasteiger partial charge in [0.1, 0.15) is 4.90 Å². The van der Waals surface area contributed by atoms with E-state index in [0.29, 0.717) is 12.1 Å². The zero-order valence-electron chi connectivity index (χ0n) is 7.89. The first-order chi connectivity index (χ1) is 7.53. The van der Waals surface area contributed by atoms with Crippen molar-refractivity contribution in [3.05, 3.63) is 29.3 Å². The predicted octanol–water partition coefficient (Wildman–Crippen LogP) is 1.65. The molecule has 1 aromatic rings. The number of rotatable bonds is 2. The van der Waals surface area contributed by atoms with Gasteiger partial charge in [-0.2, -0.15) is 21.6 Å². The summed E-state index contributed by atoms with van der Waals surface area (Å²) in [6, 6.07) is 0.950. The molecule has 5 nitrogen and oxygen atoms in total. The van der Waals surface area contributed by atoms with Gasteiger partial charge in [-0.3, -0.25) is 4.55 Å². The molecule has 0 heterocycles. The highest BCUT2D eigenvalue weighted by atomic mass is 32.2. The Labute approximate surface area is 93.2 Å². The number of alkyl halides is 3. The van der Waals surface area contributed by atoms with Gasteiger partial charge in [-0.05, 0) is 18.2 Å². The molecule has 94 valence electrons. The van der Waals surface area contributed by atoms with Crippen LogP contribution < -0.4 is 0 Å². The molecule has 9 heteroatoms. The van der Waals surface area contributed by atoms with Crippen LogP contribution in [0, 0.1) is 0 Å². The van der Waals surface area contributed by atoms with Gasteiger partial charge in [0, 0.05) is 0 Å². The molecule has 0 unspecified atom stereocenters. The van der Waals surface area contributed by atoms with E-state index < -0.39 is 38.3 Å². The number of carbonyl (C=O) groups is 1. The van der Waals surface area contributed by atoms with Crippen LogP contribution in [0.2, 0.25) is 0 Å². The Morgan fingerprint density at radius 3 is 2.12 bits per heavy atom. The van der Waals surface area contributed by atoms with E-state index in [1.807, 2.05) is 0 Å². The lowest BCUT2D eigenvalue weighted by atomic mass is 10.1. The van der Waals surface area contributed by atoms with Crippen LogP contribution in [0.5, 0.6) is 0 Å². The van der Waals surface area contributed by atoms with Gasteiger partial charge in [-0.25, -0.2) is 4.79 Å². The van der Waals surface area contributed by atoms with E-state index in [2.05, 4.69) is 0 Å². The molecule has 0 aliphatic rings. The van der Waals surface area contributed by atoms with Crippen LogP contribution in [0.4, 0.5) is 13.2 Å². The van der Waals surface area contributed by atoms with Crippen LogP contribution in [-0.2, 0) is 16.3 Å². The molecule has 0 spiro atoms. The predicted molar refractivity (Wildman–Crippen MR) is 48.2 cm³/mol. The summed E-state index contributed by atoms with van der Waals surface area (Å²) < 4.78 is 67.0. The monoisotopic (exact) mass is 270 g/mol. The van der Waals surface area contributed by atoms with E-state index in [0.717, 1.165) is 0 Å². The van der Waals surface area contributed by atoms with Crippen molar-refractivity contribution in [1.82, 2.24) is 0 Å². The topological polar surface area (TPSA) is 91.7 Å². The van der Waals surface area contributed by atoms with E-state index in [4.69, 9.17) is 9.66 Å². The third kappa shape index (κ3) is 2.94. The molecule has 0 fully saturated rings. The van der Waals surface area contributed by atoms with Gasteiger partial charge in [-0.1, -0.05) is 0 Å². The van der Waals surface area contributed by atoms with E-state index in [1.165, 1.54) is 0 Å². The summed E-state index contributed by atoms with van der Waals surface area (Å²) in [6.45, 7) is 0. The molecule has 1 rings (SSSR count). The minimum absolute atomic E-state index is 0.0682. The van der Waals surface area contributed by atoms with Crippen LogP contribution >= 0.6 is 0 Å². The summed E-state index contributed by atoms with van der Waals surface area (Å²) in [5.41, 5.74) is -2.30. The van der Waals surface area contributed by atoms with E-state index >= 15 is 0 Å². The molecular weight excluding hydrogens is 265 g/mol. The van der Waals surface area contributed by atoms with Crippen molar-refractivity contribution in [1.29, 1.82) is 0 Å². The Morgan fingerprint density at radius 1 is 1.24 bits per heavy atom. The lowest BCUT2D eigenvalue weighted by molar-refractivity contribution is -0.137. The molecule has 0 atom stereocenters. The lowest BCUT2D eigenvalue weighted by Crippen LogP contribution is -2.12. The molecule has 1 aromatic carbocycles. The molecule has 0 aliphatic carbocycles. The maximum absolute atomic E-state index is 12.3. The van der Waals surface area contributed by atoms with Crippen molar-refractivity contribution in [2.24, 2.45) is 0 Å². The molecule has 0 bridgehead atoms. The van der Waals surface area contributed by atoms with Crippen molar-refractivity contribution in [3.8, 4) is 0 Å². The minimum Gasteiger partial charge on any atom is -0.478 e. The fourth-order valence-electron chi connectivity index (χ4n) is 1.09. The van der Waals surface area contributed by atoms with Crippen molar-refractivity contribution >= 4 is 16.1 Å². The minimum atomic E-state index is -5.04. The summed E-state index contributed by atoms with van der Waals surface area (Å²) in [4.78, 5) is 9.28. The summed E-state index contributed by atoms with van der Waals surface area (Å²) in [6.07, 6.45) is -4.84. The number of carboxylic acids is 1. The van der Waals surface area contributed by atoms with E-state index in [1.54, 1.807) is 0 Å². The lowest BCUT2D eigenvalue weighted by Gasteiger charge is -2.09. The highest BCUT2D eigenvalue weighted by Gasteiger charge is 2.33. The van der Waals surface area contributed by atoms with Gasteiger partial charge in [0.25, 0.3) is 10.1 Å².